The van der Waals surface area contributed by atoms with Gasteiger partial charge in [0.1, 0.15) is 0 Å². The molecule has 0 spiro atoms. The normalized spacial score (nSPS) is 22.8. The molecule has 1 aliphatic heterocycles. The summed E-state index contributed by atoms with van der Waals surface area (Å²) in [6.45, 7) is 4.06. The van der Waals surface area contributed by atoms with Crippen molar-refractivity contribution in [2.24, 2.45) is 5.73 Å². The predicted molar refractivity (Wildman–Crippen MR) is 65.3 cm³/mol. The van der Waals surface area contributed by atoms with E-state index in [-0.39, 0.29) is 0 Å². The molecule has 0 aromatic carbocycles. The first-order valence-electron chi connectivity index (χ1n) is 5.72. The van der Waals surface area contributed by atoms with E-state index < -0.39 is 0 Å². The SMILES string of the molecule is CC1CCCCCN1c1ncc(CN)s1. The Balaban J connectivity index is 2.12. The number of nitrogens with zero attached hydrogens (tertiary/aromatic N) is 2. The molecule has 0 amide bonds. The molecule has 1 saturated heterocycles. The van der Waals surface area contributed by atoms with E-state index in [4.69, 9.17) is 5.73 Å². The highest BCUT2D eigenvalue weighted by Crippen LogP contribution is 2.27. The van der Waals surface area contributed by atoms with Crippen molar-refractivity contribution < 1.29 is 0 Å². The highest BCUT2D eigenvalue weighted by atomic mass is 32.1. The van der Waals surface area contributed by atoms with Crippen molar-refractivity contribution in [2.75, 3.05) is 11.4 Å². The number of nitrogens with two attached hydrogens (primary N) is 1. The molecule has 0 bridgehead atoms. The van der Waals surface area contributed by atoms with Gasteiger partial charge in [0.2, 0.25) is 0 Å². The summed E-state index contributed by atoms with van der Waals surface area (Å²) in [5.74, 6) is 0. The van der Waals surface area contributed by atoms with Crippen molar-refractivity contribution >= 4 is 16.5 Å². The van der Waals surface area contributed by atoms with Gasteiger partial charge in [-0.05, 0) is 19.8 Å². The summed E-state index contributed by atoms with van der Waals surface area (Å²) in [6.07, 6.45) is 7.21. The lowest BCUT2D eigenvalue weighted by Gasteiger charge is -2.26. The Hall–Kier alpha value is -0.610. The van der Waals surface area contributed by atoms with E-state index in [1.807, 2.05) is 6.20 Å². The van der Waals surface area contributed by atoms with E-state index in [0.717, 1.165) is 11.7 Å². The summed E-state index contributed by atoms with van der Waals surface area (Å²) in [5, 5.41) is 1.16. The Morgan fingerprint density at radius 1 is 1.53 bits per heavy atom. The van der Waals surface area contributed by atoms with Crippen molar-refractivity contribution in [1.29, 1.82) is 0 Å². The average Bonchev–Trinajstić information content (AvgIpc) is 2.62. The van der Waals surface area contributed by atoms with Crippen LogP contribution in [-0.4, -0.2) is 17.6 Å². The lowest BCUT2D eigenvalue weighted by Crippen LogP contribution is -2.32. The van der Waals surface area contributed by atoms with Gasteiger partial charge in [0.05, 0.1) is 0 Å². The second-order valence-electron chi connectivity index (χ2n) is 4.21. The minimum absolute atomic E-state index is 0.611. The van der Waals surface area contributed by atoms with Gasteiger partial charge in [0.15, 0.2) is 5.13 Å². The maximum Gasteiger partial charge on any atom is 0.185 e. The molecular formula is C11H19N3S. The van der Waals surface area contributed by atoms with Crippen LogP contribution in [0.2, 0.25) is 0 Å². The smallest absolute Gasteiger partial charge is 0.185 e. The fraction of sp³-hybridized carbons (Fsp3) is 0.727. The first-order chi connectivity index (χ1) is 7.31. The van der Waals surface area contributed by atoms with Crippen LogP contribution < -0.4 is 10.6 Å². The molecule has 2 heterocycles. The van der Waals surface area contributed by atoms with Crippen LogP contribution in [-0.2, 0) is 6.54 Å². The zero-order valence-electron chi connectivity index (χ0n) is 9.28. The van der Waals surface area contributed by atoms with Crippen LogP contribution >= 0.6 is 11.3 Å². The van der Waals surface area contributed by atoms with Gasteiger partial charge >= 0.3 is 0 Å². The van der Waals surface area contributed by atoms with Crippen LogP contribution in [0.5, 0.6) is 0 Å². The fourth-order valence-corrected chi connectivity index (χ4v) is 3.00. The molecule has 4 heteroatoms. The van der Waals surface area contributed by atoms with Crippen LogP contribution in [0.3, 0.4) is 0 Å². The van der Waals surface area contributed by atoms with Crippen LogP contribution in [0.15, 0.2) is 6.20 Å². The van der Waals surface area contributed by atoms with Crippen LogP contribution in [0.1, 0.15) is 37.5 Å². The Labute approximate surface area is 95.3 Å². The highest BCUT2D eigenvalue weighted by Gasteiger charge is 2.19. The van der Waals surface area contributed by atoms with E-state index in [0.29, 0.717) is 12.6 Å². The van der Waals surface area contributed by atoms with Crippen LogP contribution in [0, 0.1) is 0 Å². The molecular weight excluding hydrogens is 206 g/mol. The van der Waals surface area contributed by atoms with E-state index >= 15 is 0 Å². The third-order valence-electron chi connectivity index (χ3n) is 3.04. The zero-order chi connectivity index (χ0) is 10.7. The molecule has 1 aromatic rings. The summed E-state index contributed by atoms with van der Waals surface area (Å²) in [6, 6.07) is 0.629. The van der Waals surface area contributed by atoms with Crippen molar-refractivity contribution in [3.63, 3.8) is 0 Å². The maximum absolute atomic E-state index is 5.61. The minimum atomic E-state index is 0.611. The molecule has 1 unspecified atom stereocenters. The standard InChI is InChI=1S/C11H19N3S/c1-9-5-3-2-4-6-14(9)11-13-8-10(7-12)15-11/h8-9H,2-7,12H2,1H3. The maximum atomic E-state index is 5.61. The lowest BCUT2D eigenvalue weighted by molar-refractivity contribution is 0.615. The topological polar surface area (TPSA) is 42.2 Å². The summed E-state index contributed by atoms with van der Waals surface area (Å²) >= 11 is 1.74. The fourth-order valence-electron chi connectivity index (χ4n) is 2.08. The number of hydrogen-bond donors (Lipinski definition) is 1. The molecule has 1 fully saturated rings. The van der Waals surface area contributed by atoms with Crippen molar-refractivity contribution in [3.8, 4) is 0 Å². The van der Waals surface area contributed by atoms with Crippen LogP contribution in [0.25, 0.3) is 0 Å². The second kappa shape index (κ2) is 4.94. The first-order valence-corrected chi connectivity index (χ1v) is 6.54. The van der Waals surface area contributed by atoms with E-state index in [1.165, 1.54) is 30.6 Å². The lowest BCUT2D eigenvalue weighted by atomic mass is 10.1. The van der Waals surface area contributed by atoms with Crippen molar-refractivity contribution in [2.45, 2.75) is 45.2 Å². The second-order valence-corrected chi connectivity index (χ2v) is 5.30. The van der Waals surface area contributed by atoms with Gasteiger partial charge in [-0.25, -0.2) is 4.98 Å². The molecule has 2 N–H and O–H groups in total. The molecule has 15 heavy (non-hydrogen) atoms. The molecule has 1 aromatic heterocycles. The number of aromatic nitrogens is 1. The molecule has 1 aliphatic rings. The van der Waals surface area contributed by atoms with E-state index in [1.54, 1.807) is 11.3 Å². The summed E-state index contributed by atoms with van der Waals surface area (Å²) in [4.78, 5) is 8.09. The summed E-state index contributed by atoms with van der Waals surface area (Å²) < 4.78 is 0. The van der Waals surface area contributed by atoms with Gasteiger partial charge in [0, 0.05) is 30.2 Å². The highest BCUT2D eigenvalue weighted by molar-refractivity contribution is 7.15. The Morgan fingerprint density at radius 2 is 2.40 bits per heavy atom. The molecule has 3 nitrogen and oxygen atoms in total. The number of hydrogen-bond acceptors (Lipinski definition) is 4. The number of rotatable bonds is 2. The number of anilines is 1. The average molecular weight is 225 g/mol. The molecule has 84 valence electrons. The summed E-state index contributed by atoms with van der Waals surface area (Å²) in [5.41, 5.74) is 5.61. The molecule has 0 aliphatic carbocycles. The van der Waals surface area contributed by atoms with E-state index in [2.05, 4.69) is 16.8 Å². The Bertz CT molecular complexity index is 311. The van der Waals surface area contributed by atoms with Crippen molar-refractivity contribution in [3.05, 3.63) is 11.1 Å². The van der Waals surface area contributed by atoms with Gasteiger partial charge in [-0.3, -0.25) is 0 Å². The summed E-state index contributed by atoms with van der Waals surface area (Å²) in [7, 11) is 0. The van der Waals surface area contributed by atoms with E-state index in [9.17, 15) is 0 Å². The monoisotopic (exact) mass is 225 g/mol. The van der Waals surface area contributed by atoms with Gasteiger partial charge in [-0.1, -0.05) is 12.8 Å². The van der Waals surface area contributed by atoms with Gasteiger partial charge in [-0.15, -0.1) is 11.3 Å². The van der Waals surface area contributed by atoms with Gasteiger partial charge in [0.25, 0.3) is 0 Å². The minimum Gasteiger partial charge on any atom is -0.345 e. The third-order valence-corrected chi connectivity index (χ3v) is 4.10. The zero-order valence-corrected chi connectivity index (χ0v) is 10.1. The quantitative estimate of drug-likeness (QED) is 0.840. The molecule has 0 saturated carbocycles. The molecule has 0 radical (unpaired) electrons. The molecule has 1 atom stereocenters. The van der Waals surface area contributed by atoms with Crippen molar-refractivity contribution in [1.82, 2.24) is 4.98 Å². The Kier molecular flexibility index (Phi) is 3.59. The van der Waals surface area contributed by atoms with Crippen LogP contribution in [0.4, 0.5) is 5.13 Å². The van der Waals surface area contributed by atoms with Gasteiger partial charge < -0.3 is 10.6 Å². The third kappa shape index (κ3) is 2.49. The van der Waals surface area contributed by atoms with Gasteiger partial charge in [-0.2, -0.15) is 0 Å². The molecule has 2 rings (SSSR count). The predicted octanol–water partition coefficient (Wildman–Crippen LogP) is 2.37. The first kappa shape index (κ1) is 10.9. The Morgan fingerprint density at radius 3 is 3.13 bits per heavy atom. The largest absolute Gasteiger partial charge is 0.345 e. The number of thiazole rings is 1.